The van der Waals surface area contributed by atoms with Gasteiger partial charge in [-0.3, -0.25) is 14.5 Å². The number of benzene rings is 1. The molecule has 1 aromatic carbocycles. The van der Waals surface area contributed by atoms with Crippen LogP contribution >= 0.6 is 0 Å². The van der Waals surface area contributed by atoms with Gasteiger partial charge in [0.15, 0.2) is 0 Å². The molecule has 0 N–H and O–H groups in total. The standard InChI is InChI=1S/C14H18FNO4/c1-10-6-12(15)5-4-11(10)7-16(8-13(17)19-2)9-14(18)20-3/h4-6H,7-9H2,1-3H3. The van der Waals surface area contributed by atoms with Crippen molar-refractivity contribution < 1.29 is 23.5 Å². The number of methoxy groups -OCH3 is 2. The highest BCUT2D eigenvalue weighted by Gasteiger charge is 2.16. The summed E-state index contributed by atoms with van der Waals surface area (Å²) in [7, 11) is 2.56. The van der Waals surface area contributed by atoms with Crippen LogP contribution in [0.2, 0.25) is 0 Å². The largest absolute Gasteiger partial charge is 0.468 e. The van der Waals surface area contributed by atoms with Gasteiger partial charge in [0.05, 0.1) is 27.3 Å². The minimum Gasteiger partial charge on any atom is -0.468 e. The third-order valence-electron chi connectivity index (χ3n) is 2.86. The van der Waals surface area contributed by atoms with Crippen LogP contribution in [0.5, 0.6) is 0 Å². The molecule has 0 amide bonds. The highest BCUT2D eigenvalue weighted by molar-refractivity contribution is 5.74. The van der Waals surface area contributed by atoms with Crippen LogP contribution in [-0.2, 0) is 25.6 Å². The molecule has 0 aliphatic carbocycles. The van der Waals surface area contributed by atoms with E-state index < -0.39 is 11.9 Å². The van der Waals surface area contributed by atoms with Gasteiger partial charge in [-0.2, -0.15) is 0 Å². The van der Waals surface area contributed by atoms with Crippen molar-refractivity contribution in [1.82, 2.24) is 4.90 Å². The lowest BCUT2D eigenvalue weighted by molar-refractivity contribution is -0.145. The number of carbonyl (C=O) groups is 2. The van der Waals surface area contributed by atoms with Gasteiger partial charge in [-0.25, -0.2) is 4.39 Å². The predicted molar refractivity (Wildman–Crippen MR) is 70.4 cm³/mol. The van der Waals surface area contributed by atoms with Crippen LogP contribution in [0, 0.1) is 12.7 Å². The first kappa shape index (κ1) is 16.1. The minimum absolute atomic E-state index is 0.0393. The van der Waals surface area contributed by atoms with Gasteiger partial charge in [0.2, 0.25) is 0 Å². The van der Waals surface area contributed by atoms with Gasteiger partial charge in [-0.15, -0.1) is 0 Å². The number of rotatable bonds is 6. The summed E-state index contributed by atoms with van der Waals surface area (Å²) in [6.07, 6.45) is 0. The zero-order valence-corrected chi connectivity index (χ0v) is 11.8. The number of hydrogen-bond donors (Lipinski definition) is 0. The first-order valence-electron chi connectivity index (χ1n) is 6.07. The Hall–Kier alpha value is -1.95. The van der Waals surface area contributed by atoms with Crippen molar-refractivity contribution in [2.75, 3.05) is 27.3 Å². The zero-order chi connectivity index (χ0) is 15.1. The molecule has 110 valence electrons. The van der Waals surface area contributed by atoms with E-state index in [4.69, 9.17) is 0 Å². The van der Waals surface area contributed by atoms with Gasteiger partial charge in [-0.1, -0.05) is 6.07 Å². The summed E-state index contributed by atoms with van der Waals surface area (Å²) in [5, 5.41) is 0. The van der Waals surface area contributed by atoms with Crippen molar-refractivity contribution in [2.24, 2.45) is 0 Å². The molecule has 20 heavy (non-hydrogen) atoms. The highest BCUT2D eigenvalue weighted by atomic mass is 19.1. The summed E-state index contributed by atoms with van der Waals surface area (Å²) < 4.78 is 22.2. The summed E-state index contributed by atoms with van der Waals surface area (Å²) in [6, 6.07) is 4.38. The van der Waals surface area contributed by atoms with Gasteiger partial charge >= 0.3 is 11.9 Å². The Balaban J connectivity index is 2.81. The second-order valence-electron chi connectivity index (χ2n) is 4.37. The van der Waals surface area contributed by atoms with E-state index in [0.717, 1.165) is 11.1 Å². The topological polar surface area (TPSA) is 55.8 Å². The number of aryl methyl sites for hydroxylation is 1. The van der Waals surface area contributed by atoms with Crippen molar-refractivity contribution in [3.63, 3.8) is 0 Å². The van der Waals surface area contributed by atoms with E-state index in [0.29, 0.717) is 6.54 Å². The molecule has 0 aliphatic rings. The summed E-state index contributed by atoms with van der Waals surface area (Å²) in [4.78, 5) is 24.3. The Morgan fingerprint density at radius 3 is 2.15 bits per heavy atom. The van der Waals surface area contributed by atoms with Gasteiger partial charge in [-0.05, 0) is 30.2 Å². The molecule has 6 heteroatoms. The normalized spacial score (nSPS) is 10.4. The van der Waals surface area contributed by atoms with Gasteiger partial charge in [0.1, 0.15) is 5.82 Å². The predicted octanol–water partition coefficient (Wildman–Crippen LogP) is 1.28. The maximum Gasteiger partial charge on any atom is 0.319 e. The maximum absolute atomic E-state index is 13.1. The minimum atomic E-state index is -0.450. The van der Waals surface area contributed by atoms with Gasteiger partial charge < -0.3 is 9.47 Å². The lowest BCUT2D eigenvalue weighted by atomic mass is 10.1. The fourth-order valence-electron chi connectivity index (χ4n) is 1.74. The summed E-state index contributed by atoms with van der Waals surface area (Å²) in [5.41, 5.74) is 1.59. The summed E-state index contributed by atoms with van der Waals surface area (Å²) in [6.45, 7) is 2.02. The fourth-order valence-corrected chi connectivity index (χ4v) is 1.74. The van der Waals surface area contributed by atoms with Crippen LogP contribution in [0.4, 0.5) is 4.39 Å². The monoisotopic (exact) mass is 283 g/mol. The molecule has 0 saturated carbocycles. The summed E-state index contributed by atoms with van der Waals surface area (Å²) in [5.74, 6) is -1.22. The molecule has 0 radical (unpaired) electrons. The number of halogens is 1. The zero-order valence-electron chi connectivity index (χ0n) is 11.8. The maximum atomic E-state index is 13.1. The van der Waals surface area contributed by atoms with Crippen molar-refractivity contribution in [3.05, 3.63) is 35.1 Å². The average Bonchev–Trinajstić information content (AvgIpc) is 2.41. The van der Waals surface area contributed by atoms with E-state index in [-0.39, 0.29) is 18.9 Å². The summed E-state index contributed by atoms with van der Waals surface area (Å²) >= 11 is 0. The Kier molecular flexibility index (Phi) is 6.11. The molecule has 0 atom stereocenters. The lowest BCUT2D eigenvalue weighted by Crippen LogP contribution is -2.35. The van der Waals surface area contributed by atoms with Crippen LogP contribution in [0.3, 0.4) is 0 Å². The van der Waals surface area contributed by atoms with Gasteiger partial charge in [0.25, 0.3) is 0 Å². The Labute approximate surface area is 117 Å². The van der Waals surface area contributed by atoms with E-state index in [1.54, 1.807) is 17.9 Å². The van der Waals surface area contributed by atoms with Crippen LogP contribution in [0.25, 0.3) is 0 Å². The molecular weight excluding hydrogens is 265 g/mol. The molecule has 0 bridgehead atoms. The smallest absolute Gasteiger partial charge is 0.319 e. The number of carbonyl (C=O) groups excluding carboxylic acids is 2. The average molecular weight is 283 g/mol. The number of ether oxygens (including phenoxy) is 2. The van der Waals surface area contributed by atoms with E-state index in [9.17, 15) is 14.0 Å². The van der Waals surface area contributed by atoms with E-state index in [1.807, 2.05) is 0 Å². The highest BCUT2D eigenvalue weighted by Crippen LogP contribution is 2.13. The van der Waals surface area contributed by atoms with Crippen molar-refractivity contribution in [3.8, 4) is 0 Å². The first-order chi connectivity index (χ1) is 9.46. The second kappa shape index (κ2) is 7.59. The molecule has 0 spiro atoms. The van der Waals surface area contributed by atoms with E-state index in [2.05, 4.69) is 9.47 Å². The van der Waals surface area contributed by atoms with E-state index >= 15 is 0 Å². The number of nitrogens with zero attached hydrogens (tertiary/aromatic N) is 1. The molecule has 0 fully saturated rings. The molecule has 1 aromatic rings. The lowest BCUT2D eigenvalue weighted by Gasteiger charge is -2.20. The molecule has 0 unspecified atom stereocenters. The SMILES string of the molecule is COC(=O)CN(CC(=O)OC)Cc1ccc(F)cc1C. The quantitative estimate of drug-likeness (QED) is 0.736. The fraction of sp³-hybridized carbons (Fsp3) is 0.429. The first-order valence-corrected chi connectivity index (χ1v) is 6.07. The van der Waals surface area contributed by atoms with E-state index in [1.165, 1.54) is 26.4 Å². The molecule has 5 nitrogen and oxygen atoms in total. The molecule has 0 heterocycles. The van der Waals surface area contributed by atoms with Crippen LogP contribution in [0.1, 0.15) is 11.1 Å². The van der Waals surface area contributed by atoms with Crippen LogP contribution in [0.15, 0.2) is 18.2 Å². The Bertz CT molecular complexity index is 472. The molecular formula is C14H18FNO4. The molecule has 0 aromatic heterocycles. The molecule has 0 saturated heterocycles. The number of esters is 2. The van der Waals surface area contributed by atoms with Crippen LogP contribution in [-0.4, -0.2) is 44.1 Å². The third-order valence-corrected chi connectivity index (χ3v) is 2.86. The Morgan fingerprint density at radius 2 is 1.70 bits per heavy atom. The number of hydrogen-bond acceptors (Lipinski definition) is 5. The van der Waals surface area contributed by atoms with Crippen LogP contribution < -0.4 is 0 Å². The van der Waals surface area contributed by atoms with Crippen molar-refractivity contribution in [1.29, 1.82) is 0 Å². The van der Waals surface area contributed by atoms with Crippen molar-refractivity contribution in [2.45, 2.75) is 13.5 Å². The van der Waals surface area contributed by atoms with Crippen molar-refractivity contribution >= 4 is 11.9 Å². The molecule has 1 rings (SSSR count). The van der Waals surface area contributed by atoms with Gasteiger partial charge in [0, 0.05) is 6.54 Å². The molecule has 0 aliphatic heterocycles. The Morgan fingerprint density at radius 1 is 1.15 bits per heavy atom. The third kappa shape index (κ3) is 4.97. The second-order valence-corrected chi connectivity index (χ2v) is 4.37.